The van der Waals surface area contributed by atoms with Crippen LogP contribution in [0.4, 0.5) is 5.82 Å². The first kappa shape index (κ1) is 15.2. The fourth-order valence-corrected chi connectivity index (χ4v) is 3.39. The Balaban J connectivity index is 2.06. The summed E-state index contributed by atoms with van der Waals surface area (Å²) in [5.41, 5.74) is 1.30. The number of rotatable bonds is 7. The lowest BCUT2D eigenvalue weighted by molar-refractivity contribution is 0.300. The van der Waals surface area contributed by atoms with Crippen LogP contribution in [0.15, 0.2) is 6.33 Å². The van der Waals surface area contributed by atoms with E-state index in [-0.39, 0.29) is 0 Å². The zero-order valence-electron chi connectivity index (χ0n) is 12.9. The van der Waals surface area contributed by atoms with Crippen LogP contribution in [-0.2, 0) is 0 Å². The maximum Gasteiger partial charge on any atom is 0.138 e. The van der Waals surface area contributed by atoms with Crippen LogP contribution in [-0.4, -0.2) is 41.0 Å². The molecule has 0 radical (unpaired) electrons. The van der Waals surface area contributed by atoms with Gasteiger partial charge in [-0.15, -0.1) is 11.3 Å². The molecule has 0 bridgehead atoms. The molecule has 0 aliphatic heterocycles. The van der Waals surface area contributed by atoms with E-state index in [1.807, 2.05) is 0 Å². The summed E-state index contributed by atoms with van der Waals surface area (Å²) in [7, 11) is 0. The predicted octanol–water partition coefficient (Wildman–Crippen LogP) is 3.45. The van der Waals surface area contributed by atoms with Crippen molar-refractivity contribution < 1.29 is 0 Å². The summed E-state index contributed by atoms with van der Waals surface area (Å²) in [5, 5.41) is 4.67. The largest absolute Gasteiger partial charge is 0.368 e. The molecule has 0 aliphatic rings. The molecule has 2 aromatic rings. The van der Waals surface area contributed by atoms with Gasteiger partial charge in [0.15, 0.2) is 0 Å². The van der Waals surface area contributed by atoms with Gasteiger partial charge in [-0.2, -0.15) is 0 Å². The fraction of sp³-hybridized carbons (Fsp3) is 0.600. The second kappa shape index (κ2) is 6.99. The molecule has 0 saturated carbocycles. The molecule has 0 unspecified atom stereocenters. The standard InChI is InChI=1S/C15H24N4S/c1-5-8-19(6-2)9-7-16-14-13-11(3)12(4)20-15(13)18-10-17-14/h10H,5-9H2,1-4H3,(H,16,17,18). The van der Waals surface area contributed by atoms with Crippen LogP contribution in [0.2, 0.25) is 0 Å². The summed E-state index contributed by atoms with van der Waals surface area (Å²) in [6.45, 7) is 13.0. The maximum atomic E-state index is 4.42. The molecule has 2 rings (SSSR count). The molecule has 0 saturated heterocycles. The van der Waals surface area contributed by atoms with E-state index in [1.165, 1.54) is 22.2 Å². The monoisotopic (exact) mass is 292 g/mol. The van der Waals surface area contributed by atoms with Gasteiger partial charge in [-0.1, -0.05) is 13.8 Å². The molecular formula is C15H24N4S. The third-order valence-corrected chi connectivity index (χ3v) is 4.79. The number of anilines is 1. The summed E-state index contributed by atoms with van der Waals surface area (Å²) >= 11 is 1.74. The molecule has 0 spiro atoms. The Hall–Kier alpha value is -1.20. The van der Waals surface area contributed by atoms with Crippen molar-refractivity contribution in [1.82, 2.24) is 14.9 Å². The first-order valence-electron chi connectivity index (χ1n) is 7.34. The minimum atomic E-state index is 0.925. The quantitative estimate of drug-likeness (QED) is 0.848. The number of nitrogens with zero attached hydrogens (tertiary/aromatic N) is 3. The molecular weight excluding hydrogens is 268 g/mol. The minimum absolute atomic E-state index is 0.925. The number of fused-ring (bicyclic) bond motifs is 1. The lowest BCUT2D eigenvalue weighted by Gasteiger charge is -2.19. The van der Waals surface area contributed by atoms with Crippen LogP contribution in [0.1, 0.15) is 30.7 Å². The van der Waals surface area contributed by atoms with Crippen molar-refractivity contribution in [2.45, 2.75) is 34.1 Å². The van der Waals surface area contributed by atoms with Crippen LogP contribution in [0.25, 0.3) is 10.2 Å². The van der Waals surface area contributed by atoms with Gasteiger partial charge >= 0.3 is 0 Å². The topological polar surface area (TPSA) is 41.0 Å². The predicted molar refractivity (Wildman–Crippen MR) is 87.8 cm³/mol. The highest BCUT2D eigenvalue weighted by Crippen LogP contribution is 2.32. The highest BCUT2D eigenvalue weighted by Gasteiger charge is 2.11. The molecule has 0 fully saturated rings. The average molecular weight is 292 g/mol. The fourth-order valence-electron chi connectivity index (χ4n) is 2.39. The molecule has 20 heavy (non-hydrogen) atoms. The molecule has 4 nitrogen and oxygen atoms in total. The van der Waals surface area contributed by atoms with E-state index in [2.05, 4.69) is 47.9 Å². The van der Waals surface area contributed by atoms with Gasteiger partial charge in [-0.05, 0) is 38.9 Å². The summed E-state index contributed by atoms with van der Waals surface area (Å²) in [5.74, 6) is 0.976. The van der Waals surface area contributed by atoms with Crippen molar-refractivity contribution in [1.29, 1.82) is 0 Å². The Bertz CT molecular complexity index is 564. The molecule has 2 aromatic heterocycles. The Morgan fingerprint density at radius 1 is 1.20 bits per heavy atom. The lowest BCUT2D eigenvalue weighted by atomic mass is 10.2. The van der Waals surface area contributed by atoms with Gasteiger partial charge in [0.25, 0.3) is 0 Å². The summed E-state index contributed by atoms with van der Waals surface area (Å²) < 4.78 is 0. The molecule has 2 heterocycles. The van der Waals surface area contributed by atoms with E-state index in [4.69, 9.17) is 0 Å². The molecule has 110 valence electrons. The first-order chi connectivity index (χ1) is 9.67. The summed E-state index contributed by atoms with van der Waals surface area (Å²) in [6, 6.07) is 0. The van der Waals surface area contributed by atoms with E-state index in [0.29, 0.717) is 0 Å². The van der Waals surface area contributed by atoms with Gasteiger partial charge in [0, 0.05) is 18.0 Å². The van der Waals surface area contributed by atoms with Crippen molar-refractivity contribution in [3.8, 4) is 0 Å². The van der Waals surface area contributed by atoms with Crippen molar-refractivity contribution in [2.24, 2.45) is 0 Å². The van der Waals surface area contributed by atoms with E-state index >= 15 is 0 Å². The Kier molecular flexibility index (Phi) is 5.31. The highest BCUT2D eigenvalue weighted by atomic mass is 32.1. The number of hydrogen-bond acceptors (Lipinski definition) is 5. The summed E-state index contributed by atoms with van der Waals surface area (Å²) in [4.78, 5) is 13.6. The van der Waals surface area contributed by atoms with Crippen molar-refractivity contribution in [3.05, 3.63) is 16.8 Å². The Labute approximate surface area is 125 Å². The SMILES string of the molecule is CCCN(CC)CCNc1ncnc2sc(C)c(C)c12. The van der Waals surface area contributed by atoms with Gasteiger partial charge in [-0.3, -0.25) is 0 Å². The lowest BCUT2D eigenvalue weighted by Crippen LogP contribution is -2.29. The average Bonchev–Trinajstić information content (AvgIpc) is 2.74. The van der Waals surface area contributed by atoms with E-state index < -0.39 is 0 Å². The minimum Gasteiger partial charge on any atom is -0.368 e. The zero-order chi connectivity index (χ0) is 14.5. The highest BCUT2D eigenvalue weighted by molar-refractivity contribution is 7.18. The first-order valence-corrected chi connectivity index (χ1v) is 8.15. The van der Waals surface area contributed by atoms with Crippen LogP contribution in [0.5, 0.6) is 0 Å². The molecule has 1 N–H and O–H groups in total. The third kappa shape index (κ3) is 3.27. The van der Waals surface area contributed by atoms with Crippen LogP contribution < -0.4 is 5.32 Å². The number of likely N-dealkylation sites (N-methyl/N-ethyl adjacent to an activating group) is 1. The molecule has 0 atom stereocenters. The smallest absolute Gasteiger partial charge is 0.138 e. The van der Waals surface area contributed by atoms with E-state index in [1.54, 1.807) is 17.7 Å². The Morgan fingerprint density at radius 2 is 2.00 bits per heavy atom. The van der Waals surface area contributed by atoms with Crippen LogP contribution in [0.3, 0.4) is 0 Å². The normalized spacial score (nSPS) is 11.4. The number of aromatic nitrogens is 2. The second-order valence-corrected chi connectivity index (χ2v) is 6.25. The van der Waals surface area contributed by atoms with Crippen molar-refractivity contribution in [2.75, 3.05) is 31.5 Å². The van der Waals surface area contributed by atoms with Gasteiger partial charge < -0.3 is 10.2 Å². The van der Waals surface area contributed by atoms with Gasteiger partial charge in [0.05, 0.1) is 5.39 Å². The van der Waals surface area contributed by atoms with Crippen molar-refractivity contribution >= 4 is 27.4 Å². The molecule has 5 heteroatoms. The molecule has 0 aromatic carbocycles. The molecule has 0 amide bonds. The van der Waals surface area contributed by atoms with Gasteiger partial charge in [-0.25, -0.2) is 9.97 Å². The summed E-state index contributed by atoms with van der Waals surface area (Å²) in [6.07, 6.45) is 2.86. The van der Waals surface area contributed by atoms with E-state index in [9.17, 15) is 0 Å². The van der Waals surface area contributed by atoms with Gasteiger partial charge in [0.2, 0.25) is 0 Å². The van der Waals surface area contributed by atoms with E-state index in [0.717, 1.165) is 36.8 Å². The zero-order valence-corrected chi connectivity index (χ0v) is 13.7. The molecule has 0 aliphatic carbocycles. The number of nitrogens with one attached hydrogen (secondary N) is 1. The number of hydrogen-bond donors (Lipinski definition) is 1. The second-order valence-electron chi connectivity index (χ2n) is 5.05. The number of thiophene rings is 1. The van der Waals surface area contributed by atoms with Crippen LogP contribution in [0, 0.1) is 13.8 Å². The van der Waals surface area contributed by atoms with Crippen LogP contribution >= 0.6 is 11.3 Å². The maximum absolute atomic E-state index is 4.42. The number of aryl methyl sites for hydroxylation is 2. The van der Waals surface area contributed by atoms with Gasteiger partial charge in [0.1, 0.15) is 17.0 Å². The third-order valence-electron chi connectivity index (χ3n) is 3.67. The Morgan fingerprint density at radius 3 is 2.70 bits per heavy atom. The van der Waals surface area contributed by atoms with Crippen molar-refractivity contribution in [3.63, 3.8) is 0 Å².